The van der Waals surface area contributed by atoms with Gasteiger partial charge in [0.05, 0.1) is 26.1 Å². The number of ether oxygens (including phenoxy) is 2. The quantitative estimate of drug-likeness (QED) is 0.879. The van der Waals surface area contributed by atoms with E-state index in [9.17, 15) is 0 Å². The molecule has 0 radical (unpaired) electrons. The molecule has 2 aromatic rings. The average Bonchev–Trinajstić information content (AvgIpc) is 2.45. The van der Waals surface area contributed by atoms with Gasteiger partial charge in [0.15, 0.2) is 5.82 Å². The molecule has 0 saturated heterocycles. The van der Waals surface area contributed by atoms with E-state index in [4.69, 9.17) is 9.47 Å². The van der Waals surface area contributed by atoms with Crippen LogP contribution in [0, 0.1) is 0 Å². The first-order valence-corrected chi connectivity index (χ1v) is 6.88. The standard InChI is InChI=1S/C15H21N5O2/c1-15(2,3)19-13-9-16-20-14(18-13)17-11-8-10(21-4)6-7-12(11)22-5/h6-9H,1-5H3,(H2,17,18,19,20). The van der Waals surface area contributed by atoms with E-state index in [0.717, 1.165) is 0 Å². The van der Waals surface area contributed by atoms with Gasteiger partial charge in [0, 0.05) is 11.6 Å². The number of methoxy groups -OCH3 is 2. The maximum absolute atomic E-state index is 5.32. The van der Waals surface area contributed by atoms with Crippen LogP contribution in [0.1, 0.15) is 20.8 Å². The monoisotopic (exact) mass is 303 g/mol. The molecule has 0 saturated carbocycles. The van der Waals surface area contributed by atoms with Crippen LogP contribution in [0.25, 0.3) is 0 Å². The Morgan fingerprint density at radius 3 is 2.50 bits per heavy atom. The second-order valence-corrected chi connectivity index (χ2v) is 5.73. The second-order valence-electron chi connectivity index (χ2n) is 5.73. The highest BCUT2D eigenvalue weighted by molar-refractivity contribution is 5.65. The van der Waals surface area contributed by atoms with Gasteiger partial charge in [-0.15, -0.1) is 5.10 Å². The van der Waals surface area contributed by atoms with Crippen molar-refractivity contribution in [3.8, 4) is 11.5 Å². The summed E-state index contributed by atoms with van der Waals surface area (Å²) in [5.41, 5.74) is 0.595. The Labute approximate surface area is 130 Å². The highest BCUT2D eigenvalue weighted by Crippen LogP contribution is 2.30. The van der Waals surface area contributed by atoms with Gasteiger partial charge in [-0.3, -0.25) is 0 Å². The largest absolute Gasteiger partial charge is 0.497 e. The smallest absolute Gasteiger partial charge is 0.249 e. The molecule has 0 fully saturated rings. The fourth-order valence-corrected chi connectivity index (χ4v) is 1.83. The number of rotatable bonds is 5. The SMILES string of the molecule is COc1ccc(OC)c(Nc2nncc(NC(C)(C)C)n2)c1. The molecule has 0 bridgehead atoms. The fourth-order valence-electron chi connectivity index (χ4n) is 1.83. The maximum Gasteiger partial charge on any atom is 0.249 e. The highest BCUT2D eigenvalue weighted by Gasteiger charge is 2.12. The Morgan fingerprint density at radius 2 is 1.86 bits per heavy atom. The molecule has 0 aliphatic carbocycles. The summed E-state index contributed by atoms with van der Waals surface area (Å²) in [5.74, 6) is 2.39. The van der Waals surface area contributed by atoms with Crippen LogP contribution < -0.4 is 20.1 Å². The van der Waals surface area contributed by atoms with Gasteiger partial charge in [-0.2, -0.15) is 10.1 Å². The number of aromatic nitrogens is 3. The van der Waals surface area contributed by atoms with Gasteiger partial charge in [-0.25, -0.2) is 0 Å². The summed E-state index contributed by atoms with van der Waals surface area (Å²) in [6.45, 7) is 6.15. The third-order valence-corrected chi connectivity index (χ3v) is 2.72. The van der Waals surface area contributed by atoms with E-state index in [0.29, 0.717) is 29.0 Å². The Bertz CT molecular complexity index is 640. The molecule has 2 N–H and O–H groups in total. The third-order valence-electron chi connectivity index (χ3n) is 2.72. The molecule has 0 aliphatic rings. The molecule has 22 heavy (non-hydrogen) atoms. The van der Waals surface area contributed by atoms with Crippen molar-refractivity contribution in [1.29, 1.82) is 0 Å². The van der Waals surface area contributed by atoms with Crippen molar-refractivity contribution in [2.75, 3.05) is 24.9 Å². The minimum atomic E-state index is -0.110. The lowest BCUT2D eigenvalue weighted by Crippen LogP contribution is -2.27. The lowest BCUT2D eigenvalue weighted by atomic mass is 10.1. The van der Waals surface area contributed by atoms with Gasteiger partial charge >= 0.3 is 0 Å². The van der Waals surface area contributed by atoms with Gasteiger partial charge < -0.3 is 20.1 Å². The van der Waals surface area contributed by atoms with Crippen LogP contribution in [-0.4, -0.2) is 34.9 Å². The molecule has 1 aromatic heterocycles. The van der Waals surface area contributed by atoms with E-state index in [1.807, 2.05) is 39.0 Å². The van der Waals surface area contributed by atoms with Gasteiger partial charge in [0.25, 0.3) is 0 Å². The van der Waals surface area contributed by atoms with Crippen molar-refractivity contribution < 1.29 is 9.47 Å². The number of anilines is 3. The summed E-state index contributed by atoms with van der Waals surface area (Å²) in [6, 6.07) is 5.44. The topological polar surface area (TPSA) is 81.2 Å². The van der Waals surface area contributed by atoms with E-state index < -0.39 is 0 Å². The minimum absolute atomic E-state index is 0.110. The summed E-state index contributed by atoms with van der Waals surface area (Å²) in [5, 5.41) is 14.3. The average molecular weight is 303 g/mol. The molecule has 7 nitrogen and oxygen atoms in total. The van der Waals surface area contributed by atoms with Crippen molar-refractivity contribution >= 4 is 17.5 Å². The van der Waals surface area contributed by atoms with Gasteiger partial charge in [0.2, 0.25) is 5.95 Å². The molecular weight excluding hydrogens is 282 g/mol. The normalized spacial score (nSPS) is 11.0. The van der Waals surface area contributed by atoms with Crippen LogP contribution in [0.3, 0.4) is 0 Å². The van der Waals surface area contributed by atoms with Crippen LogP contribution in [0.2, 0.25) is 0 Å². The molecule has 1 heterocycles. The van der Waals surface area contributed by atoms with Crippen molar-refractivity contribution in [2.24, 2.45) is 0 Å². The third kappa shape index (κ3) is 4.21. The van der Waals surface area contributed by atoms with Gasteiger partial charge in [-0.05, 0) is 32.9 Å². The Kier molecular flexibility index (Phi) is 4.65. The first-order chi connectivity index (χ1) is 10.4. The predicted octanol–water partition coefficient (Wildman–Crippen LogP) is 2.84. The molecule has 0 aliphatic heterocycles. The first-order valence-electron chi connectivity index (χ1n) is 6.88. The second kappa shape index (κ2) is 6.46. The van der Waals surface area contributed by atoms with E-state index in [1.165, 1.54) is 0 Å². The van der Waals surface area contributed by atoms with Gasteiger partial charge in [-0.1, -0.05) is 0 Å². The van der Waals surface area contributed by atoms with Crippen LogP contribution in [0.15, 0.2) is 24.4 Å². The number of hydrogen-bond acceptors (Lipinski definition) is 7. The molecule has 2 rings (SSSR count). The fraction of sp³-hybridized carbons (Fsp3) is 0.400. The summed E-state index contributed by atoms with van der Waals surface area (Å²) < 4.78 is 10.5. The zero-order valence-electron chi connectivity index (χ0n) is 13.5. The number of nitrogens with zero attached hydrogens (tertiary/aromatic N) is 3. The van der Waals surface area contributed by atoms with Crippen molar-refractivity contribution in [1.82, 2.24) is 15.2 Å². The molecule has 7 heteroatoms. The molecule has 1 aromatic carbocycles. The molecule has 0 atom stereocenters. The van der Waals surface area contributed by atoms with E-state index in [2.05, 4.69) is 25.8 Å². The summed E-state index contributed by atoms with van der Waals surface area (Å²) in [7, 11) is 3.21. The van der Waals surface area contributed by atoms with Crippen molar-refractivity contribution in [2.45, 2.75) is 26.3 Å². The highest BCUT2D eigenvalue weighted by atomic mass is 16.5. The summed E-state index contributed by atoms with van der Waals surface area (Å²) >= 11 is 0. The number of hydrogen-bond donors (Lipinski definition) is 2. The predicted molar refractivity (Wildman–Crippen MR) is 86.0 cm³/mol. The molecule has 118 valence electrons. The van der Waals surface area contributed by atoms with Crippen molar-refractivity contribution in [3.05, 3.63) is 24.4 Å². The van der Waals surface area contributed by atoms with E-state index >= 15 is 0 Å². The van der Waals surface area contributed by atoms with Gasteiger partial charge in [0.1, 0.15) is 11.5 Å². The Morgan fingerprint density at radius 1 is 1.09 bits per heavy atom. The van der Waals surface area contributed by atoms with Crippen LogP contribution in [0.5, 0.6) is 11.5 Å². The van der Waals surface area contributed by atoms with E-state index in [1.54, 1.807) is 20.4 Å². The lowest BCUT2D eigenvalue weighted by molar-refractivity contribution is 0.405. The molecule has 0 amide bonds. The first kappa shape index (κ1) is 15.8. The zero-order valence-corrected chi connectivity index (χ0v) is 13.5. The Hall–Kier alpha value is -2.57. The molecule has 0 unspecified atom stereocenters. The summed E-state index contributed by atoms with van der Waals surface area (Å²) in [4.78, 5) is 4.39. The molecular formula is C15H21N5O2. The molecule has 0 spiro atoms. The zero-order chi connectivity index (χ0) is 16.2. The maximum atomic E-state index is 5.32. The van der Waals surface area contributed by atoms with Crippen LogP contribution in [-0.2, 0) is 0 Å². The summed E-state index contributed by atoms with van der Waals surface area (Å²) in [6.07, 6.45) is 1.58. The minimum Gasteiger partial charge on any atom is -0.497 e. The Balaban J connectivity index is 2.25. The lowest BCUT2D eigenvalue weighted by Gasteiger charge is -2.21. The van der Waals surface area contributed by atoms with Crippen LogP contribution in [0.4, 0.5) is 17.5 Å². The number of nitrogens with one attached hydrogen (secondary N) is 2. The van der Waals surface area contributed by atoms with Crippen LogP contribution >= 0.6 is 0 Å². The van der Waals surface area contributed by atoms with E-state index in [-0.39, 0.29) is 5.54 Å². The number of benzene rings is 1. The van der Waals surface area contributed by atoms with Crippen molar-refractivity contribution in [3.63, 3.8) is 0 Å².